The Morgan fingerprint density at radius 1 is 0.944 bits per heavy atom. The molecule has 0 aliphatic heterocycles. The maximum atomic E-state index is 13.0. The molecule has 3 nitrogen and oxygen atoms in total. The van der Waals surface area contributed by atoms with Crippen LogP contribution in [0.1, 0.15) is 0 Å². The van der Waals surface area contributed by atoms with Gasteiger partial charge in [0.1, 0.15) is 0 Å². The highest BCUT2D eigenvalue weighted by Gasteiger charge is 2.12. The first-order chi connectivity index (χ1) is 8.47. The second-order valence-corrected chi connectivity index (χ2v) is 4.00. The number of hydrogen-bond donors (Lipinski definition) is 1. The minimum Gasteiger partial charge on any atom is -0.353 e. The SMILES string of the molecule is Fc1cc(Nc2cc(Cl)nnc2Cl)cc(F)c1F. The number of rotatable bonds is 2. The van der Waals surface area contributed by atoms with E-state index in [-0.39, 0.29) is 21.7 Å². The first-order valence-electron chi connectivity index (χ1n) is 4.57. The average molecular weight is 294 g/mol. The molecule has 0 aliphatic carbocycles. The van der Waals surface area contributed by atoms with Gasteiger partial charge in [0.25, 0.3) is 0 Å². The molecule has 0 unspecified atom stereocenters. The predicted octanol–water partition coefficient (Wildman–Crippen LogP) is 3.94. The molecule has 0 bridgehead atoms. The third-order valence-electron chi connectivity index (χ3n) is 1.98. The van der Waals surface area contributed by atoms with Crippen LogP contribution in [0, 0.1) is 17.5 Å². The summed E-state index contributed by atoms with van der Waals surface area (Å²) in [5.74, 6) is -4.18. The first-order valence-corrected chi connectivity index (χ1v) is 5.33. The van der Waals surface area contributed by atoms with Crippen molar-refractivity contribution in [2.24, 2.45) is 0 Å². The van der Waals surface area contributed by atoms with Gasteiger partial charge in [0.15, 0.2) is 27.8 Å². The van der Waals surface area contributed by atoms with E-state index in [9.17, 15) is 13.2 Å². The maximum Gasteiger partial charge on any atom is 0.194 e. The van der Waals surface area contributed by atoms with Crippen molar-refractivity contribution in [3.05, 3.63) is 46.0 Å². The standard InChI is InChI=1S/C10H4Cl2F3N3/c11-8-3-7(10(12)18-17-8)16-4-1-5(13)9(15)6(14)2-4/h1-3H,(H,16,17). The Morgan fingerprint density at radius 3 is 2.17 bits per heavy atom. The molecule has 0 spiro atoms. The number of anilines is 2. The first kappa shape index (κ1) is 12.9. The normalized spacial score (nSPS) is 10.5. The molecule has 0 aliphatic rings. The largest absolute Gasteiger partial charge is 0.353 e. The average Bonchev–Trinajstić information content (AvgIpc) is 2.31. The van der Waals surface area contributed by atoms with Gasteiger partial charge in [0.05, 0.1) is 5.69 Å². The summed E-state index contributed by atoms with van der Waals surface area (Å²) >= 11 is 11.3. The van der Waals surface area contributed by atoms with E-state index in [4.69, 9.17) is 23.2 Å². The predicted molar refractivity (Wildman–Crippen MR) is 61.7 cm³/mol. The molecule has 0 fully saturated rings. The Morgan fingerprint density at radius 2 is 1.56 bits per heavy atom. The van der Waals surface area contributed by atoms with E-state index in [2.05, 4.69) is 15.5 Å². The summed E-state index contributed by atoms with van der Waals surface area (Å²) in [6.07, 6.45) is 0. The molecule has 18 heavy (non-hydrogen) atoms. The number of nitrogens with zero attached hydrogens (tertiary/aromatic N) is 2. The molecular formula is C10H4Cl2F3N3. The van der Waals surface area contributed by atoms with Crippen molar-refractivity contribution in [2.45, 2.75) is 0 Å². The van der Waals surface area contributed by atoms with Crippen molar-refractivity contribution in [3.8, 4) is 0 Å². The second-order valence-electron chi connectivity index (χ2n) is 3.25. The molecule has 1 aromatic carbocycles. The molecule has 1 aromatic heterocycles. The summed E-state index contributed by atoms with van der Waals surface area (Å²) < 4.78 is 38.7. The molecule has 0 radical (unpaired) electrons. The van der Waals surface area contributed by atoms with Crippen LogP contribution in [0.15, 0.2) is 18.2 Å². The van der Waals surface area contributed by atoms with Crippen molar-refractivity contribution >= 4 is 34.6 Å². The minimum absolute atomic E-state index is 0.0302. The van der Waals surface area contributed by atoms with Crippen LogP contribution in [-0.2, 0) is 0 Å². The smallest absolute Gasteiger partial charge is 0.194 e. The topological polar surface area (TPSA) is 37.8 Å². The lowest BCUT2D eigenvalue weighted by Crippen LogP contribution is -1.98. The zero-order valence-corrected chi connectivity index (χ0v) is 10.0. The van der Waals surface area contributed by atoms with E-state index in [0.717, 1.165) is 12.1 Å². The number of aromatic nitrogens is 2. The van der Waals surface area contributed by atoms with Gasteiger partial charge in [0.2, 0.25) is 0 Å². The lowest BCUT2D eigenvalue weighted by Gasteiger charge is -2.08. The van der Waals surface area contributed by atoms with Crippen LogP contribution in [0.5, 0.6) is 0 Å². The van der Waals surface area contributed by atoms with Crippen LogP contribution < -0.4 is 5.32 Å². The Hall–Kier alpha value is -1.53. The number of benzene rings is 1. The van der Waals surface area contributed by atoms with Crippen LogP contribution in [0.25, 0.3) is 0 Å². The molecule has 0 amide bonds. The minimum atomic E-state index is -1.54. The molecule has 0 saturated heterocycles. The molecular weight excluding hydrogens is 290 g/mol. The highest BCUT2D eigenvalue weighted by molar-refractivity contribution is 6.33. The Labute approximate surface area is 110 Å². The van der Waals surface area contributed by atoms with Crippen molar-refractivity contribution in [1.82, 2.24) is 10.2 Å². The Bertz CT molecular complexity index is 584. The summed E-state index contributed by atoms with van der Waals surface area (Å²) in [5.41, 5.74) is 0.166. The monoisotopic (exact) mass is 293 g/mol. The van der Waals surface area contributed by atoms with Crippen molar-refractivity contribution in [3.63, 3.8) is 0 Å². The fraction of sp³-hybridized carbons (Fsp3) is 0. The fourth-order valence-corrected chi connectivity index (χ4v) is 1.51. The van der Waals surface area contributed by atoms with Gasteiger partial charge in [-0.25, -0.2) is 13.2 Å². The molecule has 0 saturated carbocycles. The molecule has 2 aromatic rings. The quantitative estimate of drug-likeness (QED) is 0.852. The zero-order chi connectivity index (χ0) is 13.3. The van der Waals surface area contributed by atoms with E-state index >= 15 is 0 Å². The van der Waals surface area contributed by atoms with Gasteiger partial charge in [-0.3, -0.25) is 0 Å². The molecule has 94 valence electrons. The van der Waals surface area contributed by atoms with E-state index in [0.29, 0.717) is 0 Å². The van der Waals surface area contributed by atoms with Gasteiger partial charge in [-0.15, -0.1) is 10.2 Å². The highest BCUT2D eigenvalue weighted by Crippen LogP contribution is 2.26. The van der Waals surface area contributed by atoms with Crippen LogP contribution in [0.2, 0.25) is 10.3 Å². The summed E-state index contributed by atoms with van der Waals surface area (Å²) in [6.45, 7) is 0. The third-order valence-corrected chi connectivity index (χ3v) is 2.45. The van der Waals surface area contributed by atoms with Gasteiger partial charge >= 0.3 is 0 Å². The summed E-state index contributed by atoms with van der Waals surface area (Å²) in [5, 5.41) is 9.53. The molecule has 1 N–H and O–H groups in total. The van der Waals surface area contributed by atoms with Crippen molar-refractivity contribution in [2.75, 3.05) is 5.32 Å². The molecule has 1 heterocycles. The van der Waals surface area contributed by atoms with E-state index in [1.165, 1.54) is 6.07 Å². The second kappa shape index (κ2) is 4.99. The molecule has 0 atom stereocenters. The zero-order valence-electron chi connectivity index (χ0n) is 8.52. The molecule has 2 rings (SSSR count). The van der Waals surface area contributed by atoms with E-state index in [1.807, 2.05) is 0 Å². The number of halogens is 5. The lowest BCUT2D eigenvalue weighted by molar-refractivity contribution is 0.448. The van der Waals surface area contributed by atoms with Crippen LogP contribution in [-0.4, -0.2) is 10.2 Å². The van der Waals surface area contributed by atoms with Gasteiger partial charge in [-0.05, 0) is 0 Å². The third kappa shape index (κ3) is 2.65. The van der Waals surface area contributed by atoms with Crippen LogP contribution in [0.3, 0.4) is 0 Å². The van der Waals surface area contributed by atoms with E-state index < -0.39 is 17.5 Å². The van der Waals surface area contributed by atoms with Crippen LogP contribution in [0.4, 0.5) is 24.5 Å². The Balaban J connectivity index is 2.37. The number of nitrogens with one attached hydrogen (secondary N) is 1. The van der Waals surface area contributed by atoms with Gasteiger partial charge in [0, 0.05) is 23.9 Å². The van der Waals surface area contributed by atoms with Gasteiger partial charge in [-0.2, -0.15) is 0 Å². The van der Waals surface area contributed by atoms with Crippen LogP contribution >= 0.6 is 23.2 Å². The summed E-state index contributed by atoms with van der Waals surface area (Å²) in [4.78, 5) is 0. The van der Waals surface area contributed by atoms with Crippen molar-refractivity contribution in [1.29, 1.82) is 0 Å². The van der Waals surface area contributed by atoms with Gasteiger partial charge in [-0.1, -0.05) is 23.2 Å². The summed E-state index contributed by atoms with van der Waals surface area (Å²) in [7, 11) is 0. The van der Waals surface area contributed by atoms with E-state index in [1.54, 1.807) is 0 Å². The molecule has 8 heteroatoms. The fourth-order valence-electron chi connectivity index (χ4n) is 1.22. The number of hydrogen-bond acceptors (Lipinski definition) is 3. The lowest BCUT2D eigenvalue weighted by atomic mass is 10.2. The van der Waals surface area contributed by atoms with Crippen molar-refractivity contribution < 1.29 is 13.2 Å². The summed E-state index contributed by atoms with van der Waals surface area (Å²) in [6, 6.07) is 2.88. The Kier molecular flexibility index (Phi) is 3.58. The van der Waals surface area contributed by atoms with Gasteiger partial charge < -0.3 is 5.32 Å². The highest BCUT2D eigenvalue weighted by atomic mass is 35.5. The maximum absolute atomic E-state index is 13.0.